The van der Waals surface area contributed by atoms with Crippen molar-refractivity contribution in [3.05, 3.63) is 18.3 Å². The van der Waals surface area contributed by atoms with Crippen LogP contribution in [0.15, 0.2) is 18.3 Å². The molecule has 6 nitrogen and oxygen atoms in total. The fourth-order valence-electron chi connectivity index (χ4n) is 2.36. The number of pyridine rings is 1. The molecule has 1 aromatic rings. The zero-order valence-corrected chi connectivity index (χ0v) is 14.1. The molecule has 1 aliphatic rings. The molecule has 0 saturated carbocycles. The van der Waals surface area contributed by atoms with Crippen molar-refractivity contribution in [3.8, 4) is 0 Å². The number of likely N-dealkylation sites (N-methyl/N-ethyl adjacent to an activating group) is 1. The normalized spacial score (nSPS) is 16.8. The summed E-state index contributed by atoms with van der Waals surface area (Å²) in [5.74, 6) is 0.810. The highest BCUT2D eigenvalue weighted by atomic mass is 35.5. The first-order valence-corrected chi connectivity index (χ1v) is 7.56. The summed E-state index contributed by atoms with van der Waals surface area (Å²) in [5.41, 5.74) is 6.49. The van der Waals surface area contributed by atoms with E-state index in [0.717, 1.165) is 38.4 Å². The summed E-state index contributed by atoms with van der Waals surface area (Å²) in [6.07, 6.45) is 3.29. The van der Waals surface area contributed by atoms with Gasteiger partial charge in [-0.05, 0) is 25.6 Å². The molecule has 1 aliphatic heterocycles. The standard InChI is InChI=1S/C15H25N5O.ClH/c1-3-4-13(16)15(21)18-12-5-6-14(17-11-12)20-9-7-19(2)8-10-20;/h5-6,11,13H,3-4,7-10,16H2,1-2H3,(H,18,21);1H. The third-order valence-electron chi connectivity index (χ3n) is 3.78. The number of amides is 1. The molecule has 0 spiro atoms. The predicted molar refractivity (Wildman–Crippen MR) is 92.7 cm³/mol. The van der Waals surface area contributed by atoms with E-state index in [9.17, 15) is 4.79 Å². The van der Waals surface area contributed by atoms with Gasteiger partial charge in [0.2, 0.25) is 5.91 Å². The maximum absolute atomic E-state index is 11.8. The fraction of sp³-hybridized carbons (Fsp3) is 0.600. The smallest absolute Gasteiger partial charge is 0.241 e. The third-order valence-corrected chi connectivity index (χ3v) is 3.78. The van der Waals surface area contributed by atoms with Gasteiger partial charge < -0.3 is 20.9 Å². The molecule has 1 amide bonds. The van der Waals surface area contributed by atoms with E-state index >= 15 is 0 Å². The van der Waals surface area contributed by atoms with Gasteiger partial charge in [-0.1, -0.05) is 13.3 Å². The van der Waals surface area contributed by atoms with Crippen LogP contribution in [0.1, 0.15) is 19.8 Å². The van der Waals surface area contributed by atoms with Crippen LogP contribution in [-0.2, 0) is 4.79 Å². The average molecular weight is 328 g/mol. The first-order chi connectivity index (χ1) is 10.1. The van der Waals surface area contributed by atoms with Crippen molar-refractivity contribution in [2.75, 3.05) is 43.4 Å². The first-order valence-electron chi connectivity index (χ1n) is 7.56. The zero-order valence-electron chi connectivity index (χ0n) is 13.3. The van der Waals surface area contributed by atoms with Crippen LogP contribution in [0.2, 0.25) is 0 Å². The SMILES string of the molecule is CCCC(N)C(=O)Nc1ccc(N2CCN(C)CC2)nc1.Cl. The van der Waals surface area contributed by atoms with Crippen LogP contribution in [0.5, 0.6) is 0 Å². The summed E-state index contributed by atoms with van der Waals surface area (Å²) in [7, 11) is 2.13. The van der Waals surface area contributed by atoms with Crippen molar-refractivity contribution in [3.63, 3.8) is 0 Å². The van der Waals surface area contributed by atoms with Crippen molar-refractivity contribution < 1.29 is 4.79 Å². The Labute approximate surface area is 138 Å². The van der Waals surface area contributed by atoms with E-state index in [2.05, 4.69) is 27.1 Å². The number of carbonyl (C=O) groups is 1. The van der Waals surface area contributed by atoms with Gasteiger partial charge in [-0.15, -0.1) is 12.4 Å². The first kappa shape index (κ1) is 18.7. The average Bonchev–Trinajstić information content (AvgIpc) is 2.49. The summed E-state index contributed by atoms with van der Waals surface area (Å²) >= 11 is 0. The van der Waals surface area contributed by atoms with E-state index in [0.29, 0.717) is 12.1 Å². The molecule has 124 valence electrons. The van der Waals surface area contributed by atoms with Gasteiger partial charge in [-0.25, -0.2) is 4.98 Å². The second-order valence-electron chi connectivity index (χ2n) is 5.58. The number of carbonyl (C=O) groups excluding carboxylic acids is 1. The Morgan fingerprint density at radius 3 is 2.59 bits per heavy atom. The zero-order chi connectivity index (χ0) is 15.2. The molecule has 1 aromatic heterocycles. The maximum Gasteiger partial charge on any atom is 0.241 e. The van der Waals surface area contributed by atoms with Gasteiger partial charge in [-0.3, -0.25) is 4.79 Å². The topological polar surface area (TPSA) is 74.5 Å². The van der Waals surface area contributed by atoms with E-state index in [-0.39, 0.29) is 18.3 Å². The van der Waals surface area contributed by atoms with Gasteiger partial charge in [0.25, 0.3) is 0 Å². The van der Waals surface area contributed by atoms with Crippen molar-refractivity contribution in [1.82, 2.24) is 9.88 Å². The Balaban J connectivity index is 0.00000242. The lowest BCUT2D eigenvalue weighted by Gasteiger charge is -2.33. The van der Waals surface area contributed by atoms with Crippen LogP contribution < -0.4 is 16.0 Å². The maximum atomic E-state index is 11.8. The van der Waals surface area contributed by atoms with E-state index in [1.165, 1.54) is 0 Å². The molecular formula is C15H26ClN5O. The number of hydrogen-bond acceptors (Lipinski definition) is 5. The quantitative estimate of drug-likeness (QED) is 0.853. The van der Waals surface area contributed by atoms with E-state index < -0.39 is 6.04 Å². The molecular weight excluding hydrogens is 302 g/mol. The van der Waals surface area contributed by atoms with Gasteiger partial charge in [0, 0.05) is 26.2 Å². The summed E-state index contributed by atoms with van der Waals surface area (Å²) in [4.78, 5) is 20.8. The molecule has 0 radical (unpaired) electrons. The van der Waals surface area contributed by atoms with Gasteiger partial charge >= 0.3 is 0 Å². The summed E-state index contributed by atoms with van der Waals surface area (Å²) in [5, 5.41) is 2.81. The molecule has 1 atom stereocenters. The molecule has 7 heteroatoms. The molecule has 0 aromatic carbocycles. The minimum absolute atomic E-state index is 0. The van der Waals surface area contributed by atoms with E-state index in [4.69, 9.17) is 5.73 Å². The second-order valence-corrected chi connectivity index (χ2v) is 5.58. The number of rotatable bonds is 5. The molecule has 22 heavy (non-hydrogen) atoms. The van der Waals surface area contributed by atoms with Gasteiger partial charge in [0.05, 0.1) is 17.9 Å². The monoisotopic (exact) mass is 327 g/mol. The lowest BCUT2D eigenvalue weighted by Crippen LogP contribution is -2.44. The molecule has 1 saturated heterocycles. The van der Waals surface area contributed by atoms with Crippen LogP contribution >= 0.6 is 12.4 Å². The number of nitrogens with two attached hydrogens (primary N) is 1. The van der Waals surface area contributed by atoms with Crippen molar-refractivity contribution >= 4 is 29.8 Å². The summed E-state index contributed by atoms with van der Waals surface area (Å²) in [6, 6.07) is 3.39. The Morgan fingerprint density at radius 1 is 1.36 bits per heavy atom. The molecule has 2 heterocycles. The highest BCUT2D eigenvalue weighted by Crippen LogP contribution is 2.16. The predicted octanol–water partition coefficient (Wildman–Crippen LogP) is 1.32. The number of hydrogen-bond donors (Lipinski definition) is 2. The number of nitrogens with one attached hydrogen (secondary N) is 1. The Morgan fingerprint density at radius 2 is 2.05 bits per heavy atom. The molecule has 1 fully saturated rings. The Bertz CT molecular complexity index is 460. The number of aromatic nitrogens is 1. The summed E-state index contributed by atoms with van der Waals surface area (Å²) < 4.78 is 0. The van der Waals surface area contributed by atoms with Crippen molar-refractivity contribution in [2.45, 2.75) is 25.8 Å². The van der Waals surface area contributed by atoms with Gasteiger partial charge in [0.15, 0.2) is 0 Å². The lowest BCUT2D eigenvalue weighted by molar-refractivity contribution is -0.117. The van der Waals surface area contributed by atoms with E-state index in [1.807, 2.05) is 19.1 Å². The Kier molecular flexibility index (Phi) is 7.58. The molecule has 0 aliphatic carbocycles. The summed E-state index contributed by atoms with van der Waals surface area (Å²) in [6.45, 7) is 6.07. The largest absolute Gasteiger partial charge is 0.354 e. The second kappa shape index (κ2) is 8.92. The third kappa shape index (κ3) is 5.12. The highest BCUT2D eigenvalue weighted by molar-refractivity contribution is 5.94. The number of anilines is 2. The fourth-order valence-corrected chi connectivity index (χ4v) is 2.36. The van der Waals surface area contributed by atoms with Crippen LogP contribution in [-0.4, -0.2) is 55.1 Å². The lowest BCUT2D eigenvalue weighted by atomic mass is 10.1. The molecule has 3 N–H and O–H groups in total. The Hall–Kier alpha value is -1.37. The van der Waals surface area contributed by atoms with Crippen LogP contribution in [0.3, 0.4) is 0 Å². The number of nitrogens with zero attached hydrogens (tertiary/aromatic N) is 3. The number of piperazine rings is 1. The van der Waals surface area contributed by atoms with Crippen LogP contribution in [0.25, 0.3) is 0 Å². The van der Waals surface area contributed by atoms with Gasteiger partial charge in [0.1, 0.15) is 5.82 Å². The highest BCUT2D eigenvalue weighted by Gasteiger charge is 2.16. The molecule has 2 rings (SSSR count). The van der Waals surface area contributed by atoms with Crippen molar-refractivity contribution in [2.24, 2.45) is 5.73 Å². The minimum Gasteiger partial charge on any atom is -0.354 e. The number of halogens is 1. The van der Waals surface area contributed by atoms with Gasteiger partial charge in [-0.2, -0.15) is 0 Å². The van der Waals surface area contributed by atoms with Crippen LogP contribution in [0, 0.1) is 0 Å². The molecule has 1 unspecified atom stereocenters. The van der Waals surface area contributed by atoms with E-state index in [1.54, 1.807) is 6.20 Å². The van der Waals surface area contributed by atoms with Crippen molar-refractivity contribution in [1.29, 1.82) is 0 Å². The minimum atomic E-state index is -0.452. The van der Waals surface area contributed by atoms with Crippen LogP contribution in [0.4, 0.5) is 11.5 Å². The molecule has 0 bridgehead atoms.